The van der Waals surface area contributed by atoms with Crippen molar-refractivity contribution in [2.45, 2.75) is 39.3 Å². The molecule has 0 radical (unpaired) electrons. The van der Waals surface area contributed by atoms with Gasteiger partial charge in [-0.05, 0) is 61.7 Å². The number of amides is 1. The highest BCUT2D eigenvalue weighted by Gasteiger charge is 2.21. The molecule has 0 heterocycles. The van der Waals surface area contributed by atoms with Gasteiger partial charge in [0.15, 0.2) is 6.10 Å². The highest BCUT2D eigenvalue weighted by atomic mass is 35.5. The zero-order valence-corrected chi connectivity index (χ0v) is 14.7. The van der Waals surface area contributed by atoms with Gasteiger partial charge in [-0.1, -0.05) is 30.7 Å². The average Bonchev–Trinajstić information content (AvgIpc) is 2.56. The summed E-state index contributed by atoms with van der Waals surface area (Å²) in [6.45, 7) is 5.62. The second kappa shape index (κ2) is 8.15. The van der Waals surface area contributed by atoms with Crippen molar-refractivity contribution in [1.29, 1.82) is 0 Å². The molecule has 0 aliphatic rings. The second-order valence-electron chi connectivity index (χ2n) is 5.71. The summed E-state index contributed by atoms with van der Waals surface area (Å²) in [5.74, 6) is 0.0976. The Balaban J connectivity index is 2.02. The third-order valence-electron chi connectivity index (χ3n) is 3.80. The summed E-state index contributed by atoms with van der Waals surface area (Å²) in [5.41, 5.74) is 1.73. The van der Waals surface area contributed by atoms with Crippen LogP contribution in [0.3, 0.4) is 0 Å². The van der Waals surface area contributed by atoms with Gasteiger partial charge in [0.2, 0.25) is 0 Å². The lowest BCUT2D eigenvalue weighted by Crippen LogP contribution is -2.39. The van der Waals surface area contributed by atoms with Crippen molar-refractivity contribution in [3.63, 3.8) is 0 Å². The van der Waals surface area contributed by atoms with Gasteiger partial charge in [-0.15, -0.1) is 0 Å². The molecule has 3 nitrogen and oxygen atoms in total. The number of nitrogens with one attached hydrogen (secondary N) is 1. The summed E-state index contributed by atoms with van der Waals surface area (Å²) in [4.78, 5) is 12.4. The molecule has 0 fully saturated rings. The fourth-order valence-corrected chi connectivity index (χ4v) is 2.44. The van der Waals surface area contributed by atoms with Crippen LogP contribution < -0.4 is 10.1 Å². The number of carbonyl (C=O) groups excluding carboxylic acids is 1. The fraction of sp³-hybridized carbons (Fsp3) is 0.316. The van der Waals surface area contributed by atoms with E-state index in [0.717, 1.165) is 11.1 Å². The molecule has 0 spiro atoms. The topological polar surface area (TPSA) is 38.3 Å². The standard InChI is InChI=1S/C19H21ClFNO2/c1-4-18(24-16-9-10-17(20)12(2)11-16)19(23)22-13(3)14-5-7-15(21)8-6-14/h5-11,13,18H,4H2,1-3H3,(H,22,23). The minimum atomic E-state index is -0.603. The molecule has 0 aliphatic carbocycles. The first-order valence-corrected chi connectivity index (χ1v) is 8.27. The SMILES string of the molecule is CCC(Oc1ccc(Cl)c(C)c1)C(=O)NC(C)c1ccc(F)cc1. The van der Waals surface area contributed by atoms with Gasteiger partial charge < -0.3 is 10.1 Å². The van der Waals surface area contributed by atoms with E-state index in [1.54, 1.807) is 24.3 Å². The van der Waals surface area contributed by atoms with Gasteiger partial charge in [-0.3, -0.25) is 4.79 Å². The van der Waals surface area contributed by atoms with Crippen molar-refractivity contribution in [2.75, 3.05) is 0 Å². The molecule has 0 saturated heterocycles. The molecule has 1 N–H and O–H groups in total. The Morgan fingerprint density at radius 3 is 2.50 bits per heavy atom. The van der Waals surface area contributed by atoms with Crippen molar-refractivity contribution >= 4 is 17.5 Å². The highest BCUT2D eigenvalue weighted by Crippen LogP contribution is 2.22. The first kappa shape index (κ1) is 18.3. The van der Waals surface area contributed by atoms with Crippen LogP contribution in [-0.2, 0) is 4.79 Å². The van der Waals surface area contributed by atoms with Crippen LogP contribution in [0.2, 0.25) is 5.02 Å². The molecule has 2 rings (SSSR count). The Morgan fingerprint density at radius 2 is 1.92 bits per heavy atom. The van der Waals surface area contributed by atoms with Gasteiger partial charge >= 0.3 is 0 Å². The summed E-state index contributed by atoms with van der Waals surface area (Å²) >= 11 is 6.00. The number of hydrogen-bond acceptors (Lipinski definition) is 2. The molecule has 0 saturated carbocycles. The van der Waals surface area contributed by atoms with Gasteiger partial charge in [0, 0.05) is 5.02 Å². The summed E-state index contributed by atoms with van der Waals surface area (Å²) in [7, 11) is 0. The lowest BCUT2D eigenvalue weighted by molar-refractivity contribution is -0.128. The Hall–Kier alpha value is -2.07. The lowest BCUT2D eigenvalue weighted by atomic mass is 10.1. The Labute approximate surface area is 146 Å². The average molecular weight is 350 g/mol. The fourth-order valence-electron chi connectivity index (χ4n) is 2.32. The number of rotatable bonds is 6. The van der Waals surface area contributed by atoms with Crippen LogP contribution in [0.15, 0.2) is 42.5 Å². The monoisotopic (exact) mass is 349 g/mol. The van der Waals surface area contributed by atoms with Gasteiger partial charge in [-0.25, -0.2) is 4.39 Å². The number of ether oxygens (including phenoxy) is 1. The van der Waals surface area contributed by atoms with E-state index in [1.807, 2.05) is 26.8 Å². The van der Waals surface area contributed by atoms with E-state index in [1.165, 1.54) is 12.1 Å². The molecule has 2 atom stereocenters. The number of hydrogen-bond donors (Lipinski definition) is 1. The number of carbonyl (C=O) groups is 1. The quantitative estimate of drug-likeness (QED) is 0.811. The van der Waals surface area contributed by atoms with E-state index < -0.39 is 6.10 Å². The normalized spacial score (nSPS) is 13.2. The third kappa shape index (κ3) is 4.71. The zero-order valence-electron chi connectivity index (χ0n) is 14.0. The van der Waals surface area contributed by atoms with Crippen LogP contribution in [0.1, 0.15) is 37.4 Å². The lowest BCUT2D eigenvalue weighted by Gasteiger charge is -2.21. The Kier molecular flexibility index (Phi) is 6.21. The maximum Gasteiger partial charge on any atom is 0.261 e. The Morgan fingerprint density at radius 1 is 1.25 bits per heavy atom. The Bertz CT molecular complexity index is 703. The zero-order chi connectivity index (χ0) is 17.7. The summed E-state index contributed by atoms with van der Waals surface area (Å²) in [5, 5.41) is 3.56. The van der Waals surface area contributed by atoms with Crippen molar-refractivity contribution in [3.8, 4) is 5.75 Å². The molecule has 0 aromatic heterocycles. The predicted octanol–water partition coefficient (Wildman–Crippen LogP) is 4.82. The van der Waals surface area contributed by atoms with Crippen LogP contribution in [-0.4, -0.2) is 12.0 Å². The van der Waals surface area contributed by atoms with Crippen LogP contribution in [0.4, 0.5) is 4.39 Å². The molecule has 2 aromatic rings. The maximum absolute atomic E-state index is 13.0. The summed E-state index contributed by atoms with van der Waals surface area (Å²) < 4.78 is 18.8. The summed E-state index contributed by atoms with van der Waals surface area (Å²) in [6.07, 6.45) is -0.0719. The van der Waals surface area contributed by atoms with E-state index in [4.69, 9.17) is 16.3 Å². The van der Waals surface area contributed by atoms with Crippen LogP contribution >= 0.6 is 11.6 Å². The minimum Gasteiger partial charge on any atom is -0.481 e. The van der Waals surface area contributed by atoms with Crippen molar-refractivity contribution in [3.05, 3.63) is 64.4 Å². The van der Waals surface area contributed by atoms with Gasteiger partial charge in [0.05, 0.1) is 6.04 Å². The van der Waals surface area contributed by atoms with Crippen molar-refractivity contribution in [2.24, 2.45) is 0 Å². The smallest absolute Gasteiger partial charge is 0.261 e. The van der Waals surface area contributed by atoms with Gasteiger partial charge in [-0.2, -0.15) is 0 Å². The first-order valence-electron chi connectivity index (χ1n) is 7.89. The number of halogens is 2. The van der Waals surface area contributed by atoms with E-state index in [0.29, 0.717) is 17.2 Å². The minimum absolute atomic E-state index is 0.207. The molecule has 24 heavy (non-hydrogen) atoms. The van der Waals surface area contributed by atoms with Crippen molar-refractivity contribution in [1.82, 2.24) is 5.32 Å². The molecule has 2 unspecified atom stereocenters. The van der Waals surface area contributed by atoms with Crippen molar-refractivity contribution < 1.29 is 13.9 Å². The predicted molar refractivity (Wildman–Crippen MR) is 93.9 cm³/mol. The van der Waals surface area contributed by atoms with Gasteiger partial charge in [0.1, 0.15) is 11.6 Å². The molecule has 5 heteroatoms. The molecular formula is C19H21ClFNO2. The van der Waals surface area contributed by atoms with Crippen LogP contribution in [0.25, 0.3) is 0 Å². The number of aryl methyl sites for hydroxylation is 1. The molecule has 128 valence electrons. The maximum atomic E-state index is 13.0. The van der Waals surface area contributed by atoms with Gasteiger partial charge in [0.25, 0.3) is 5.91 Å². The molecule has 0 aliphatic heterocycles. The molecule has 1 amide bonds. The third-order valence-corrected chi connectivity index (χ3v) is 4.22. The number of benzene rings is 2. The first-order chi connectivity index (χ1) is 11.4. The van der Waals surface area contributed by atoms with Crippen LogP contribution in [0, 0.1) is 12.7 Å². The summed E-state index contributed by atoms with van der Waals surface area (Å²) in [6, 6.07) is 11.1. The van der Waals surface area contributed by atoms with Crippen LogP contribution in [0.5, 0.6) is 5.75 Å². The van der Waals surface area contributed by atoms with E-state index in [9.17, 15) is 9.18 Å². The van der Waals surface area contributed by atoms with E-state index in [2.05, 4.69) is 5.32 Å². The van der Waals surface area contributed by atoms with E-state index in [-0.39, 0.29) is 17.8 Å². The molecule has 2 aromatic carbocycles. The van der Waals surface area contributed by atoms with E-state index >= 15 is 0 Å². The second-order valence-corrected chi connectivity index (χ2v) is 6.11. The largest absolute Gasteiger partial charge is 0.481 e. The highest BCUT2D eigenvalue weighted by molar-refractivity contribution is 6.31. The molecular weight excluding hydrogens is 329 g/mol. The molecule has 0 bridgehead atoms.